The van der Waals surface area contributed by atoms with Gasteiger partial charge >= 0.3 is 0 Å². The zero-order chi connectivity index (χ0) is 10.4. The van der Waals surface area contributed by atoms with Crippen LogP contribution in [0.5, 0.6) is 0 Å². The molecule has 82 valence electrons. The van der Waals surface area contributed by atoms with Crippen LogP contribution in [0.4, 0.5) is 0 Å². The second kappa shape index (κ2) is 3.58. The summed E-state index contributed by atoms with van der Waals surface area (Å²) in [5.74, 6) is 0. The van der Waals surface area contributed by atoms with E-state index in [0.717, 1.165) is 0 Å². The third-order valence-electron chi connectivity index (χ3n) is 3.69. The van der Waals surface area contributed by atoms with Crippen molar-refractivity contribution in [3.63, 3.8) is 0 Å². The third-order valence-corrected chi connectivity index (χ3v) is 4.82. The lowest BCUT2D eigenvalue weighted by Crippen LogP contribution is -2.48. The first kappa shape index (κ1) is 9.82. The van der Waals surface area contributed by atoms with Gasteiger partial charge in [-0.05, 0) is 44.4 Å². The van der Waals surface area contributed by atoms with E-state index in [9.17, 15) is 0 Å². The minimum Gasteiger partial charge on any atom is -0.326 e. The molecular weight excluding hydrogens is 204 g/mol. The summed E-state index contributed by atoms with van der Waals surface area (Å²) < 4.78 is 0. The van der Waals surface area contributed by atoms with Crippen molar-refractivity contribution in [1.82, 2.24) is 4.90 Å². The van der Waals surface area contributed by atoms with Gasteiger partial charge in [0.15, 0.2) is 0 Å². The molecular formula is C12H18N2S. The topological polar surface area (TPSA) is 29.3 Å². The number of nitrogens with two attached hydrogens (primary N) is 1. The van der Waals surface area contributed by atoms with Gasteiger partial charge in [0.25, 0.3) is 0 Å². The summed E-state index contributed by atoms with van der Waals surface area (Å²) in [5, 5.41) is 0. The Labute approximate surface area is 95.1 Å². The minimum absolute atomic E-state index is 0.354. The fourth-order valence-corrected chi connectivity index (χ4v) is 4.11. The van der Waals surface area contributed by atoms with Crippen molar-refractivity contribution in [1.29, 1.82) is 0 Å². The first-order valence-electron chi connectivity index (χ1n) is 5.84. The Bertz CT molecular complexity index is 372. The molecule has 2 aliphatic heterocycles. The molecule has 0 bridgehead atoms. The van der Waals surface area contributed by atoms with Crippen LogP contribution in [0.25, 0.3) is 0 Å². The van der Waals surface area contributed by atoms with Gasteiger partial charge in [-0.25, -0.2) is 0 Å². The number of piperidine rings is 1. The molecule has 1 saturated heterocycles. The highest BCUT2D eigenvalue weighted by molar-refractivity contribution is 7.12. The number of hydrogen-bond acceptors (Lipinski definition) is 3. The zero-order valence-electron chi connectivity index (χ0n) is 9.20. The quantitative estimate of drug-likeness (QED) is 0.728. The smallest absolute Gasteiger partial charge is 0.0510 e. The van der Waals surface area contributed by atoms with Crippen LogP contribution < -0.4 is 5.73 Å². The molecule has 0 aromatic carbocycles. The Balaban J connectivity index is 2.01. The number of aryl methyl sites for hydroxylation is 1. The van der Waals surface area contributed by atoms with Crippen LogP contribution in [0, 0.1) is 6.92 Å². The molecule has 1 aromatic rings. The molecule has 3 heteroatoms. The summed E-state index contributed by atoms with van der Waals surface area (Å²) in [6, 6.07) is 3.24. The maximum atomic E-state index is 6.28. The Morgan fingerprint density at radius 2 is 2.33 bits per heavy atom. The van der Waals surface area contributed by atoms with Gasteiger partial charge in [-0.3, -0.25) is 4.90 Å². The van der Waals surface area contributed by atoms with Gasteiger partial charge < -0.3 is 5.73 Å². The lowest BCUT2D eigenvalue weighted by molar-refractivity contribution is 0.120. The van der Waals surface area contributed by atoms with Crippen LogP contribution in [-0.4, -0.2) is 24.0 Å². The van der Waals surface area contributed by atoms with E-state index >= 15 is 0 Å². The van der Waals surface area contributed by atoms with E-state index in [1.807, 2.05) is 11.3 Å². The van der Waals surface area contributed by atoms with Crippen LogP contribution >= 0.6 is 11.3 Å². The van der Waals surface area contributed by atoms with Crippen molar-refractivity contribution in [3.05, 3.63) is 21.4 Å². The molecule has 3 heterocycles. The van der Waals surface area contributed by atoms with Gasteiger partial charge in [0, 0.05) is 22.3 Å². The molecule has 2 aliphatic rings. The number of fused-ring (bicyclic) bond motifs is 3. The van der Waals surface area contributed by atoms with Crippen molar-refractivity contribution in [2.24, 2.45) is 5.73 Å². The normalized spacial score (nSPS) is 31.1. The predicted molar refractivity (Wildman–Crippen MR) is 64.3 cm³/mol. The van der Waals surface area contributed by atoms with Gasteiger partial charge in [0.1, 0.15) is 0 Å². The summed E-state index contributed by atoms with van der Waals surface area (Å²) in [6.45, 7) is 4.67. The molecule has 3 rings (SSSR count). The first-order chi connectivity index (χ1) is 7.25. The highest BCUT2D eigenvalue weighted by Gasteiger charge is 2.35. The fourth-order valence-electron chi connectivity index (χ4n) is 3.05. The highest BCUT2D eigenvalue weighted by Crippen LogP contribution is 2.39. The summed E-state index contributed by atoms with van der Waals surface area (Å²) in [4.78, 5) is 5.62. The zero-order valence-corrected chi connectivity index (χ0v) is 10.0. The third kappa shape index (κ3) is 1.53. The lowest BCUT2D eigenvalue weighted by Gasteiger charge is -2.42. The van der Waals surface area contributed by atoms with Crippen LogP contribution in [0.2, 0.25) is 0 Å². The Kier molecular flexibility index (Phi) is 2.34. The van der Waals surface area contributed by atoms with Crippen LogP contribution in [-0.2, 0) is 6.42 Å². The fraction of sp³-hybridized carbons (Fsp3) is 0.667. The lowest BCUT2D eigenvalue weighted by atomic mass is 9.88. The van der Waals surface area contributed by atoms with E-state index in [2.05, 4.69) is 17.9 Å². The Morgan fingerprint density at radius 3 is 3.20 bits per heavy atom. The van der Waals surface area contributed by atoms with E-state index in [4.69, 9.17) is 5.73 Å². The number of thiophene rings is 1. The van der Waals surface area contributed by atoms with Gasteiger partial charge in [-0.2, -0.15) is 0 Å². The first-order valence-corrected chi connectivity index (χ1v) is 6.66. The van der Waals surface area contributed by atoms with E-state index in [1.165, 1.54) is 42.8 Å². The molecule has 2 N–H and O–H groups in total. The van der Waals surface area contributed by atoms with Crippen molar-refractivity contribution in [3.8, 4) is 0 Å². The van der Waals surface area contributed by atoms with E-state index in [-0.39, 0.29) is 0 Å². The molecule has 0 saturated carbocycles. The Hall–Kier alpha value is -0.380. The maximum absolute atomic E-state index is 6.28. The Morgan fingerprint density at radius 1 is 1.47 bits per heavy atom. The molecule has 2 atom stereocenters. The predicted octanol–water partition coefficient (Wildman–Crippen LogP) is 2.08. The summed E-state index contributed by atoms with van der Waals surface area (Å²) in [5.41, 5.74) is 7.81. The molecule has 0 radical (unpaired) electrons. The highest BCUT2D eigenvalue weighted by atomic mass is 32.1. The summed E-state index contributed by atoms with van der Waals surface area (Å²) in [7, 11) is 0. The average Bonchev–Trinajstić information content (AvgIpc) is 2.58. The number of nitrogens with zero attached hydrogens (tertiary/aromatic N) is 1. The molecule has 15 heavy (non-hydrogen) atoms. The van der Waals surface area contributed by atoms with Crippen LogP contribution in [0.1, 0.15) is 34.2 Å². The standard InChI is InChI=1S/C12H18N2S/c1-8-7-9-11(15-8)4-6-14-5-2-3-10(13)12(9)14/h7,10,12H,2-6,13H2,1H3. The van der Waals surface area contributed by atoms with Crippen LogP contribution in [0.3, 0.4) is 0 Å². The second-order valence-corrected chi connectivity index (χ2v) is 6.11. The van der Waals surface area contributed by atoms with Gasteiger partial charge in [-0.15, -0.1) is 11.3 Å². The monoisotopic (exact) mass is 222 g/mol. The molecule has 2 nitrogen and oxygen atoms in total. The van der Waals surface area contributed by atoms with Crippen molar-refractivity contribution >= 4 is 11.3 Å². The van der Waals surface area contributed by atoms with Crippen molar-refractivity contribution in [2.75, 3.05) is 13.1 Å². The number of rotatable bonds is 0. The SMILES string of the molecule is Cc1cc2c(s1)CCN1CCCC(N)C21. The molecule has 0 aliphatic carbocycles. The summed E-state index contributed by atoms with van der Waals surface area (Å²) in [6.07, 6.45) is 3.70. The maximum Gasteiger partial charge on any atom is 0.0510 e. The minimum atomic E-state index is 0.354. The van der Waals surface area contributed by atoms with E-state index in [0.29, 0.717) is 12.1 Å². The van der Waals surface area contributed by atoms with Gasteiger partial charge in [0.05, 0.1) is 6.04 Å². The average molecular weight is 222 g/mol. The van der Waals surface area contributed by atoms with Gasteiger partial charge in [-0.1, -0.05) is 0 Å². The number of hydrogen-bond donors (Lipinski definition) is 1. The van der Waals surface area contributed by atoms with Gasteiger partial charge in [0.2, 0.25) is 0 Å². The van der Waals surface area contributed by atoms with Crippen molar-refractivity contribution in [2.45, 2.75) is 38.3 Å². The summed E-state index contributed by atoms with van der Waals surface area (Å²) >= 11 is 1.97. The van der Waals surface area contributed by atoms with E-state index < -0.39 is 0 Å². The largest absolute Gasteiger partial charge is 0.326 e. The van der Waals surface area contributed by atoms with Crippen molar-refractivity contribution < 1.29 is 0 Å². The molecule has 1 fully saturated rings. The van der Waals surface area contributed by atoms with E-state index in [1.54, 1.807) is 4.88 Å². The molecule has 0 amide bonds. The molecule has 1 aromatic heterocycles. The molecule has 2 unspecified atom stereocenters. The van der Waals surface area contributed by atoms with Crippen LogP contribution in [0.15, 0.2) is 6.07 Å². The molecule has 0 spiro atoms. The second-order valence-electron chi connectivity index (χ2n) is 4.77.